The Bertz CT molecular complexity index is 367. The molecule has 1 aliphatic heterocycles. The first-order valence-electron chi connectivity index (χ1n) is 5.36. The fourth-order valence-electron chi connectivity index (χ4n) is 1.88. The lowest BCUT2D eigenvalue weighted by molar-refractivity contribution is 0.479. The Balaban J connectivity index is 0.00000128. The minimum absolute atomic E-state index is 0. The number of benzene rings is 1. The third-order valence-electron chi connectivity index (χ3n) is 2.70. The molecular formula is C12H16ClN3. The molecular weight excluding hydrogens is 222 g/mol. The van der Waals surface area contributed by atoms with Crippen LogP contribution >= 0.6 is 12.4 Å². The predicted octanol–water partition coefficient (Wildman–Crippen LogP) is 2.14. The van der Waals surface area contributed by atoms with Crippen molar-refractivity contribution >= 4 is 18.1 Å². The molecule has 0 aromatic heterocycles. The molecule has 1 fully saturated rings. The summed E-state index contributed by atoms with van der Waals surface area (Å²) >= 11 is 0. The normalized spacial score (nSPS) is 15.9. The molecule has 1 aliphatic rings. The average Bonchev–Trinajstić information content (AvgIpc) is 2.31. The summed E-state index contributed by atoms with van der Waals surface area (Å²) in [5, 5.41) is 15.6. The topological polar surface area (TPSA) is 47.9 Å². The van der Waals surface area contributed by atoms with E-state index in [2.05, 4.69) is 16.7 Å². The van der Waals surface area contributed by atoms with Crippen molar-refractivity contribution in [3.63, 3.8) is 0 Å². The van der Waals surface area contributed by atoms with Crippen LogP contribution in [0.2, 0.25) is 0 Å². The summed E-state index contributed by atoms with van der Waals surface area (Å²) in [6, 6.07) is 10.4. The molecule has 0 atom stereocenters. The van der Waals surface area contributed by atoms with Crippen molar-refractivity contribution in [1.29, 1.82) is 5.26 Å². The van der Waals surface area contributed by atoms with E-state index in [0.717, 1.165) is 31.6 Å². The van der Waals surface area contributed by atoms with Crippen molar-refractivity contribution in [3.8, 4) is 6.07 Å². The highest BCUT2D eigenvalue weighted by molar-refractivity contribution is 5.85. The molecule has 2 rings (SSSR count). The van der Waals surface area contributed by atoms with Gasteiger partial charge in [-0.25, -0.2) is 0 Å². The van der Waals surface area contributed by atoms with Gasteiger partial charge in [-0.05, 0) is 44.1 Å². The van der Waals surface area contributed by atoms with Crippen molar-refractivity contribution in [2.75, 3.05) is 18.4 Å². The van der Waals surface area contributed by atoms with Crippen molar-refractivity contribution in [3.05, 3.63) is 29.8 Å². The summed E-state index contributed by atoms with van der Waals surface area (Å²) in [4.78, 5) is 0. The molecule has 0 unspecified atom stereocenters. The molecule has 1 saturated heterocycles. The fraction of sp³-hybridized carbons (Fsp3) is 0.417. The molecule has 16 heavy (non-hydrogen) atoms. The summed E-state index contributed by atoms with van der Waals surface area (Å²) in [5.41, 5.74) is 1.77. The van der Waals surface area contributed by atoms with Gasteiger partial charge >= 0.3 is 0 Å². The number of hydrogen-bond donors (Lipinski definition) is 2. The second kappa shape index (κ2) is 6.37. The van der Waals surface area contributed by atoms with E-state index in [1.165, 1.54) is 0 Å². The first-order chi connectivity index (χ1) is 7.38. The molecule has 0 bridgehead atoms. The molecule has 3 nitrogen and oxygen atoms in total. The zero-order chi connectivity index (χ0) is 10.5. The van der Waals surface area contributed by atoms with E-state index in [1.54, 1.807) is 0 Å². The lowest BCUT2D eigenvalue weighted by Gasteiger charge is -2.24. The van der Waals surface area contributed by atoms with E-state index in [4.69, 9.17) is 5.26 Å². The lowest BCUT2D eigenvalue weighted by Crippen LogP contribution is -2.35. The second-order valence-electron chi connectivity index (χ2n) is 3.86. The number of halogens is 1. The quantitative estimate of drug-likeness (QED) is 0.829. The number of nitriles is 1. The van der Waals surface area contributed by atoms with Crippen molar-refractivity contribution < 1.29 is 0 Å². The zero-order valence-electron chi connectivity index (χ0n) is 9.07. The molecule has 1 aromatic carbocycles. The first-order valence-corrected chi connectivity index (χ1v) is 5.36. The van der Waals surface area contributed by atoms with Gasteiger partial charge in [-0.1, -0.05) is 6.07 Å². The van der Waals surface area contributed by atoms with E-state index in [-0.39, 0.29) is 12.4 Å². The van der Waals surface area contributed by atoms with Crippen LogP contribution in [0.4, 0.5) is 5.69 Å². The minimum atomic E-state index is 0. The molecule has 0 aliphatic carbocycles. The molecule has 86 valence electrons. The van der Waals surface area contributed by atoms with Crippen LogP contribution in [0.5, 0.6) is 0 Å². The van der Waals surface area contributed by atoms with Gasteiger partial charge in [0.1, 0.15) is 0 Å². The monoisotopic (exact) mass is 237 g/mol. The van der Waals surface area contributed by atoms with Gasteiger partial charge in [0.2, 0.25) is 0 Å². The first kappa shape index (κ1) is 12.8. The lowest BCUT2D eigenvalue weighted by atomic mass is 10.1. The summed E-state index contributed by atoms with van der Waals surface area (Å²) in [6.07, 6.45) is 2.30. The number of nitrogens with zero attached hydrogens (tertiary/aromatic N) is 1. The van der Waals surface area contributed by atoms with Crippen LogP contribution in [0.15, 0.2) is 24.3 Å². The van der Waals surface area contributed by atoms with Crippen LogP contribution in [0.3, 0.4) is 0 Å². The summed E-state index contributed by atoms with van der Waals surface area (Å²) in [5.74, 6) is 0. The molecule has 0 spiro atoms. The smallest absolute Gasteiger partial charge is 0.0992 e. The van der Waals surface area contributed by atoms with E-state index >= 15 is 0 Å². The SMILES string of the molecule is Cl.N#Cc1cccc(NC2CCNCC2)c1. The van der Waals surface area contributed by atoms with Crippen LogP contribution in [-0.4, -0.2) is 19.1 Å². The highest BCUT2D eigenvalue weighted by Gasteiger charge is 2.12. The van der Waals surface area contributed by atoms with Gasteiger partial charge in [0.25, 0.3) is 0 Å². The Morgan fingerprint density at radius 1 is 1.31 bits per heavy atom. The standard InChI is InChI=1S/C12H15N3.ClH/c13-9-10-2-1-3-12(8-10)15-11-4-6-14-7-5-11;/h1-3,8,11,14-15H,4-7H2;1H. The summed E-state index contributed by atoms with van der Waals surface area (Å²) in [6.45, 7) is 2.16. The maximum Gasteiger partial charge on any atom is 0.0992 e. The molecule has 1 aromatic rings. The van der Waals surface area contributed by atoms with Crippen molar-refractivity contribution in [2.45, 2.75) is 18.9 Å². The number of rotatable bonds is 2. The van der Waals surface area contributed by atoms with Gasteiger partial charge < -0.3 is 10.6 Å². The highest BCUT2D eigenvalue weighted by atomic mass is 35.5. The zero-order valence-corrected chi connectivity index (χ0v) is 9.89. The van der Waals surface area contributed by atoms with Crippen LogP contribution in [0.25, 0.3) is 0 Å². The number of piperidine rings is 1. The number of hydrogen-bond acceptors (Lipinski definition) is 3. The number of anilines is 1. The Labute approximate surface area is 102 Å². The maximum absolute atomic E-state index is 8.78. The van der Waals surface area contributed by atoms with Gasteiger partial charge in [0.15, 0.2) is 0 Å². The van der Waals surface area contributed by atoms with E-state index in [1.807, 2.05) is 24.3 Å². The second-order valence-corrected chi connectivity index (χ2v) is 3.86. The molecule has 4 heteroatoms. The Morgan fingerprint density at radius 3 is 2.75 bits per heavy atom. The van der Waals surface area contributed by atoms with Gasteiger partial charge in [0.05, 0.1) is 11.6 Å². The van der Waals surface area contributed by atoms with Crippen molar-refractivity contribution in [2.24, 2.45) is 0 Å². The third kappa shape index (κ3) is 3.41. The molecule has 2 N–H and O–H groups in total. The van der Waals surface area contributed by atoms with E-state index in [9.17, 15) is 0 Å². The third-order valence-corrected chi connectivity index (χ3v) is 2.70. The fourth-order valence-corrected chi connectivity index (χ4v) is 1.88. The minimum Gasteiger partial charge on any atom is -0.382 e. The van der Waals surface area contributed by atoms with Gasteiger partial charge in [0, 0.05) is 11.7 Å². The van der Waals surface area contributed by atoms with Crippen LogP contribution < -0.4 is 10.6 Å². The molecule has 1 heterocycles. The molecule has 0 saturated carbocycles. The van der Waals surface area contributed by atoms with Gasteiger partial charge in [-0.3, -0.25) is 0 Å². The maximum atomic E-state index is 8.78. The Kier molecular flexibility index (Phi) is 5.10. The van der Waals surface area contributed by atoms with Crippen molar-refractivity contribution in [1.82, 2.24) is 5.32 Å². The molecule has 0 amide bonds. The van der Waals surface area contributed by atoms with Gasteiger partial charge in [-0.2, -0.15) is 5.26 Å². The van der Waals surface area contributed by atoms with Crippen LogP contribution in [0.1, 0.15) is 18.4 Å². The van der Waals surface area contributed by atoms with Gasteiger partial charge in [-0.15, -0.1) is 12.4 Å². The predicted molar refractivity (Wildman–Crippen MR) is 67.9 cm³/mol. The van der Waals surface area contributed by atoms with E-state index in [0.29, 0.717) is 11.6 Å². The van der Waals surface area contributed by atoms with Crippen LogP contribution in [-0.2, 0) is 0 Å². The largest absolute Gasteiger partial charge is 0.382 e. The average molecular weight is 238 g/mol. The number of nitrogens with one attached hydrogen (secondary N) is 2. The highest BCUT2D eigenvalue weighted by Crippen LogP contribution is 2.14. The Hall–Kier alpha value is -1.24. The van der Waals surface area contributed by atoms with E-state index < -0.39 is 0 Å². The van der Waals surface area contributed by atoms with Crippen LogP contribution in [0, 0.1) is 11.3 Å². The summed E-state index contributed by atoms with van der Waals surface area (Å²) in [7, 11) is 0. The Morgan fingerprint density at radius 2 is 2.06 bits per heavy atom. The summed E-state index contributed by atoms with van der Waals surface area (Å²) < 4.78 is 0. The molecule has 0 radical (unpaired) electrons.